The van der Waals surface area contributed by atoms with Crippen LogP contribution in [0.1, 0.15) is 19.4 Å². The molecule has 1 heterocycles. The second-order valence-electron chi connectivity index (χ2n) is 4.80. The minimum Gasteiger partial charge on any atom is -0.312 e. The van der Waals surface area contributed by atoms with E-state index in [1.807, 2.05) is 18.3 Å². The molecule has 0 amide bonds. The lowest BCUT2D eigenvalue weighted by Crippen LogP contribution is -2.19. The van der Waals surface area contributed by atoms with Crippen molar-refractivity contribution in [1.29, 1.82) is 0 Å². The van der Waals surface area contributed by atoms with E-state index in [9.17, 15) is 0 Å². The van der Waals surface area contributed by atoms with Gasteiger partial charge in [-0.15, -0.1) is 0 Å². The van der Waals surface area contributed by atoms with Gasteiger partial charge in [-0.2, -0.15) is 5.10 Å². The van der Waals surface area contributed by atoms with Crippen molar-refractivity contribution in [2.24, 2.45) is 5.92 Å². The van der Waals surface area contributed by atoms with Crippen LogP contribution in [0.25, 0.3) is 11.3 Å². The smallest absolute Gasteiger partial charge is 0.0695 e. The molecular formula is C14H18BrN3. The monoisotopic (exact) mass is 307 g/mol. The molecule has 0 saturated heterocycles. The van der Waals surface area contributed by atoms with Gasteiger partial charge in [0.15, 0.2) is 0 Å². The van der Waals surface area contributed by atoms with Gasteiger partial charge in [0.05, 0.1) is 11.9 Å². The minimum absolute atomic E-state index is 0.660. The lowest BCUT2D eigenvalue weighted by Gasteiger charge is -2.08. The van der Waals surface area contributed by atoms with Crippen molar-refractivity contribution in [3.8, 4) is 11.3 Å². The first-order valence-corrected chi connectivity index (χ1v) is 6.95. The summed E-state index contributed by atoms with van der Waals surface area (Å²) in [6, 6.07) is 8.26. The highest BCUT2D eigenvalue weighted by Crippen LogP contribution is 2.22. The Morgan fingerprint density at radius 1 is 1.28 bits per heavy atom. The predicted octanol–water partition coefficient (Wildman–Crippen LogP) is 3.58. The average Bonchev–Trinajstić information content (AvgIpc) is 2.78. The molecule has 1 aromatic heterocycles. The molecule has 2 aromatic rings. The summed E-state index contributed by atoms with van der Waals surface area (Å²) < 4.78 is 1.09. The third-order valence-electron chi connectivity index (χ3n) is 2.72. The van der Waals surface area contributed by atoms with Gasteiger partial charge in [0.2, 0.25) is 0 Å². The van der Waals surface area contributed by atoms with Crippen LogP contribution in [0.3, 0.4) is 0 Å². The van der Waals surface area contributed by atoms with Crippen LogP contribution >= 0.6 is 15.9 Å². The summed E-state index contributed by atoms with van der Waals surface area (Å²) in [7, 11) is 0. The molecule has 0 unspecified atom stereocenters. The summed E-state index contributed by atoms with van der Waals surface area (Å²) in [6.07, 6.45) is 1.89. The number of aromatic nitrogens is 2. The van der Waals surface area contributed by atoms with Crippen molar-refractivity contribution in [3.05, 3.63) is 40.5 Å². The zero-order chi connectivity index (χ0) is 13.0. The first-order valence-electron chi connectivity index (χ1n) is 6.15. The van der Waals surface area contributed by atoms with Crippen LogP contribution in [0.2, 0.25) is 0 Å². The molecule has 2 rings (SSSR count). The van der Waals surface area contributed by atoms with Gasteiger partial charge in [0.1, 0.15) is 0 Å². The van der Waals surface area contributed by atoms with Gasteiger partial charge in [-0.3, -0.25) is 5.10 Å². The number of halogens is 1. The van der Waals surface area contributed by atoms with Crippen molar-refractivity contribution in [2.45, 2.75) is 20.4 Å². The van der Waals surface area contributed by atoms with Gasteiger partial charge >= 0.3 is 0 Å². The van der Waals surface area contributed by atoms with Crippen LogP contribution < -0.4 is 5.32 Å². The van der Waals surface area contributed by atoms with Gasteiger partial charge in [0.25, 0.3) is 0 Å². The van der Waals surface area contributed by atoms with E-state index in [1.165, 1.54) is 5.56 Å². The molecule has 0 saturated carbocycles. The second kappa shape index (κ2) is 6.16. The van der Waals surface area contributed by atoms with E-state index < -0.39 is 0 Å². The van der Waals surface area contributed by atoms with E-state index in [0.29, 0.717) is 5.92 Å². The van der Waals surface area contributed by atoms with Gasteiger partial charge in [-0.1, -0.05) is 41.9 Å². The highest BCUT2D eigenvalue weighted by Gasteiger charge is 2.07. The number of hydrogen-bond donors (Lipinski definition) is 2. The summed E-state index contributed by atoms with van der Waals surface area (Å²) in [5, 5.41) is 10.7. The SMILES string of the molecule is CC(C)CNCc1cn[nH]c1-c1ccc(Br)cc1. The fourth-order valence-electron chi connectivity index (χ4n) is 1.81. The van der Waals surface area contributed by atoms with Crippen LogP contribution in [-0.4, -0.2) is 16.7 Å². The lowest BCUT2D eigenvalue weighted by molar-refractivity contribution is 0.553. The van der Waals surface area contributed by atoms with Crippen molar-refractivity contribution >= 4 is 15.9 Å². The van der Waals surface area contributed by atoms with E-state index in [-0.39, 0.29) is 0 Å². The molecular weight excluding hydrogens is 290 g/mol. The number of nitrogens with zero attached hydrogens (tertiary/aromatic N) is 1. The molecule has 0 aliphatic rings. The predicted molar refractivity (Wildman–Crippen MR) is 78.3 cm³/mol. The van der Waals surface area contributed by atoms with Gasteiger partial charge < -0.3 is 5.32 Å². The fourth-order valence-corrected chi connectivity index (χ4v) is 2.07. The molecule has 0 radical (unpaired) electrons. The molecule has 0 aliphatic heterocycles. The van der Waals surface area contributed by atoms with E-state index in [2.05, 4.69) is 57.4 Å². The largest absolute Gasteiger partial charge is 0.312 e. The Kier molecular flexibility index (Phi) is 4.55. The maximum Gasteiger partial charge on any atom is 0.0695 e. The van der Waals surface area contributed by atoms with Crippen molar-refractivity contribution in [2.75, 3.05) is 6.54 Å². The number of rotatable bonds is 5. The molecule has 96 valence electrons. The third kappa shape index (κ3) is 3.43. The molecule has 1 aromatic carbocycles. The standard InChI is InChI=1S/C14H18BrN3/c1-10(2)7-16-8-12-9-17-18-14(12)11-3-5-13(15)6-4-11/h3-6,9-10,16H,7-8H2,1-2H3,(H,17,18). The average molecular weight is 308 g/mol. The minimum atomic E-state index is 0.660. The third-order valence-corrected chi connectivity index (χ3v) is 3.25. The summed E-state index contributed by atoms with van der Waals surface area (Å²) in [5.74, 6) is 0.660. The normalized spacial score (nSPS) is 11.1. The van der Waals surface area contributed by atoms with Crippen LogP contribution in [0.4, 0.5) is 0 Å². The maximum absolute atomic E-state index is 4.14. The molecule has 0 atom stereocenters. The molecule has 4 heteroatoms. The van der Waals surface area contributed by atoms with Crippen molar-refractivity contribution in [3.63, 3.8) is 0 Å². The van der Waals surface area contributed by atoms with Gasteiger partial charge in [0, 0.05) is 16.6 Å². The summed E-state index contributed by atoms with van der Waals surface area (Å²) >= 11 is 3.45. The van der Waals surface area contributed by atoms with Crippen LogP contribution in [-0.2, 0) is 6.54 Å². The van der Waals surface area contributed by atoms with E-state index in [4.69, 9.17) is 0 Å². The first-order chi connectivity index (χ1) is 8.66. The van der Waals surface area contributed by atoms with E-state index in [1.54, 1.807) is 0 Å². The Hall–Kier alpha value is -1.13. The molecule has 0 bridgehead atoms. The molecule has 3 nitrogen and oxygen atoms in total. The van der Waals surface area contributed by atoms with Gasteiger partial charge in [-0.25, -0.2) is 0 Å². The summed E-state index contributed by atoms with van der Waals surface area (Å²) in [4.78, 5) is 0. The Bertz CT molecular complexity index is 488. The zero-order valence-corrected chi connectivity index (χ0v) is 12.3. The zero-order valence-electron chi connectivity index (χ0n) is 10.7. The van der Waals surface area contributed by atoms with Crippen molar-refractivity contribution < 1.29 is 0 Å². The Labute approximate surface area is 116 Å². The number of H-pyrrole nitrogens is 1. The lowest BCUT2D eigenvalue weighted by atomic mass is 10.1. The van der Waals surface area contributed by atoms with Crippen LogP contribution in [0.5, 0.6) is 0 Å². The summed E-state index contributed by atoms with van der Waals surface area (Å²) in [6.45, 7) is 6.28. The molecule has 2 N–H and O–H groups in total. The highest BCUT2D eigenvalue weighted by atomic mass is 79.9. The van der Waals surface area contributed by atoms with E-state index >= 15 is 0 Å². The molecule has 18 heavy (non-hydrogen) atoms. The summed E-state index contributed by atoms with van der Waals surface area (Å²) in [5.41, 5.74) is 3.47. The molecule has 0 fully saturated rings. The topological polar surface area (TPSA) is 40.7 Å². The Balaban J connectivity index is 2.10. The van der Waals surface area contributed by atoms with Crippen LogP contribution in [0, 0.1) is 5.92 Å². The maximum atomic E-state index is 4.14. The number of hydrogen-bond acceptors (Lipinski definition) is 2. The number of aromatic amines is 1. The second-order valence-corrected chi connectivity index (χ2v) is 5.72. The number of benzene rings is 1. The Morgan fingerprint density at radius 2 is 2.00 bits per heavy atom. The Morgan fingerprint density at radius 3 is 2.67 bits per heavy atom. The van der Waals surface area contributed by atoms with Gasteiger partial charge in [-0.05, 0) is 30.2 Å². The molecule has 0 aliphatic carbocycles. The number of nitrogens with one attached hydrogen (secondary N) is 2. The highest BCUT2D eigenvalue weighted by molar-refractivity contribution is 9.10. The first kappa shape index (κ1) is 13.3. The quantitative estimate of drug-likeness (QED) is 0.886. The van der Waals surface area contributed by atoms with Crippen LogP contribution in [0.15, 0.2) is 34.9 Å². The fraction of sp³-hybridized carbons (Fsp3) is 0.357. The van der Waals surface area contributed by atoms with Crippen molar-refractivity contribution in [1.82, 2.24) is 15.5 Å². The van der Waals surface area contributed by atoms with E-state index in [0.717, 1.165) is 28.8 Å². The molecule has 0 spiro atoms.